The molecule has 1 amide bonds. The zero-order valence-corrected chi connectivity index (χ0v) is 13.0. The molecule has 3 heterocycles. The van der Waals surface area contributed by atoms with Gasteiger partial charge in [-0.25, -0.2) is 4.39 Å². The lowest BCUT2D eigenvalue weighted by Crippen LogP contribution is -2.30. The van der Waals surface area contributed by atoms with Crippen LogP contribution in [-0.4, -0.2) is 20.5 Å². The van der Waals surface area contributed by atoms with E-state index in [1.165, 1.54) is 29.6 Å². The Hall–Kier alpha value is -3.48. The molecule has 0 saturated heterocycles. The molecule has 0 radical (unpaired) electrons. The van der Waals surface area contributed by atoms with E-state index in [1.807, 2.05) is 0 Å². The van der Waals surface area contributed by atoms with Crippen LogP contribution in [0.4, 0.5) is 10.1 Å². The van der Waals surface area contributed by atoms with Crippen LogP contribution in [0.2, 0.25) is 0 Å². The summed E-state index contributed by atoms with van der Waals surface area (Å²) in [5.41, 5.74) is 1.52. The van der Waals surface area contributed by atoms with E-state index in [-0.39, 0.29) is 12.5 Å². The minimum atomic E-state index is -0.413. The minimum absolute atomic E-state index is 0.190. The molecule has 0 fully saturated rings. The fourth-order valence-electron chi connectivity index (χ4n) is 2.59. The van der Waals surface area contributed by atoms with E-state index >= 15 is 0 Å². The summed E-state index contributed by atoms with van der Waals surface area (Å²) in [6.45, 7) is 0.190. The topological polar surface area (TPSA) is 63.6 Å². The van der Waals surface area contributed by atoms with Gasteiger partial charge in [-0.1, -0.05) is 6.07 Å². The Morgan fingerprint density at radius 3 is 2.92 bits per heavy atom. The number of hydrogen-bond donors (Lipinski definition) is 0. The SMILES string of the molecule is O=C(c1ccc2nncn2c1)N(Cc1ccco1)c1cccc(F)c1. The molecule has 25 heavy (non-hydrogen) atoms. The first kappa shape index (κ1) is 15.1. The van der Waals surface area contributed by atoms with Gasteiger partial charge in [0, 0.05) is 11.9 Å². The van der Waals surface area contributed by atoms with Gasteiger partial charge < -0.3 is 9.32 Å². The van der Waals surface area contributed by atoms with Crippen molar-refractivity contribution in [3.63, 3.8) is 0 Å². The molecule has 0 saturated carbocycles. The van der Waals surface area contributed by atoms with Gasteiger partial charge in [0.25, 0.3) is 5.91 Å². The third-order valence-corrected chi connectivity index (χ3v) is 3.80. The van der Waals surface area contributed by atoms with E-state index < -0.39 is 5.82 Å². The summed E-state index contributed by atoms with van der Waals surface area (Å²) >= 11 is 0. The lowest BCUT2D eigenvalue weighted by Gasteiger charge is -2.22. The summed E-state index contributed by atoms with van der Waals surface area (Å²) in [6, 6.07) is 12.8. The van der Waals surface area contributed by atoms with Crippen LogP contribution in [0.25, 0.3) is 5.65 Å². The van der Waals surface area contributed by atoms with Crippen LogP contribution >= 0.6 is 0 Å². The summed E-state index contributed by atoms with van der Waals surface area (Å²) in [7, 11) is 0. The van der Waals surface area contributed by atoms with Gasteiger partial charge in [0.15, 0.2) is 5.65 Å². The number of halogens is 1. The van der Waals surface area contributed by atoms with Crippen LogP contribution in [-0.2, 0) is 6.54 Å². The number of pyridine rings is 1. The van der Waals surface area contributed by atoms with Crippen molar-refractivity contribution in [2.24, 2.45) is 0 Å². The van der Waals surface area contributed by atoms with Gasteiger partial charge in [-0.3, -0.25) is 9.20 Å². The zero-order valence-electron chi connectivity index (χ0n) is 13.0. The van der Waals surface area contributed by atoms with Gasteiger partial charge in [0.05, 0.1) is 18.4 Å². The molecule has 0 N–H and O–H groups in total. The summed E-state index contributed by atoms with van der Waals surface area (Å²) in [4.78, 5) is 14.5. The van der Waals surface area contributed by atoms with Crippen molar-refractivity contribution in [3.05, 3.63) is 84.5 Å². The third kappa shape index (κ3) is 2.99. The van der Waals surface area contributed by atoms with Gasteiger partial charge in [-0.15, -0.1) is 10.2 Å². The largest absolute Gasteiger partial charge is 0.467 e. The molecule has 6 nitrogen and oxygen atoms in total. The molecule has 124 valence electrons. The molecule has 4 aromatic rings. The van der Waals surface area contributed by atoms with Crippen molar-refractivity contribution in [2.45, 2.75) is 6.54 Å². The normalized spacial score (nSPS) is 10.9. The number of carbonyl (C=O) groups excluding carboxylic acids is 1. The quantitative estimate of drug-likeness (QED) is 0.573. The van der Waals surface area contributed by atoms with E-state index in [9.17, 15) is 9.18 Å². The average Bonchev–Trinajstić information content (AvgIpc) is 3.30. The molecule has 1 aromatic carbocycles. The van der Waals surface area contributed by atoms with E-state index in [1.54, 1.807) is 47.0 Å². The van der Waals surface area contributed by atoms with Crippen molar-refractivity contribution >= 4 is 17.2 Å². The molecule has 0 aliphatic rings. The highest BCUT2D eigenvalue weighted by Gasteiger charge is 2.20. The molecule has 0 bridgehead atoms. The fourth-order valence-corrected chi connectivity index (χ4v) is 2.59. The Labute approximate surface area is 142 Å². The van der Waals surface area contributed by atoms with E-state index in [0.29, 0.717) is 22.7 Å². The number of fused-ring (bicyclic) bond motifs is 1. The Balaban J connectivity index is 1.74. The summed E-state index contributed by atoms with van der Waals surface area (Å²) < 4.78 is 20.7. The molecule has 0 unspecified atom stereocenters. The van der Waals surface area contributed by atoms with Gasteiger partial charge in [0.2, 0.25) is 0 Å². The minimum Gasteiger partial charge on any atom is -0.467 e. The van der Waals surface area contributed by atoms with Gasteiger partial charge in [-0.05, 0) is 42.5 Å². The summed E-state index contributed by atoms with van der Waals surface area (Å²) in [5.74, 6) is -0.0930. The van der Waals surface area contributed by atoms with Crippen LogP contribution < -0.4 is 4.90 Å². The van der Waals surface area contributed by atoms with E-state index in [0.717, 1.165) is 0 Å². The first-order valence-corrected chi connectivity index (χ1v) is 7.60. The fraction of sp³-hybridized carbons (Fsp3) is 0.0556. The number of anilines is 1. The summed E-state index contributed by atoms with van der Waals surface area (Å²) in [6.07, 6.45) is 4.70. The lowest BCUT2D eigenvalue weighted by atomic mass is 10.2. The van der Waals surface area contributed by atoms with E-state index in [2.05, 4.69) is 10.2 Å². The first-order valence-electron chi connectivity index (χ1n) is 7.60. The van der Waals surface area contributed by atoms with Gasteiger partial charge in [0.1, 0.15) is 17.9 Å². The maximum Gasteiger partial charge on any atom is 0.260 e. The molecule has 3 aromatic heterocycles. The monoisotopic (exact) mass is 336 g/mol. The number of amides is 1. The van der Waals surface area contributed by atoms with Gasteiger partial charge in [-0.2, -0.15) is 0 Å². The molecule has 0 aliphatic heterocycles. The molecule has 0 atom stereocenters. The Bertz CT molecular complexity index is 1030. The van der Waals surface area contributed by atoms with Crippen molar-refractivity contribution < 1.29 is 13.6 Å². The van der Waals surface area contributed by atoms with Crippen LogP contribution in [0, 0.1) is 5.82 Å². The highest BCUT2D eigenvalue weighted by Crippen LogP contribution is 2.21. The maximum absolute atomic E-state index is 13.7. The van der Waals surface area contributed by atoms with E-state index in [4.69, 9.17) is 4.42 Å². The molecule has 0 spiro atoms. The van der Waals surface area contributed by atoms with Crippen molar-refractivity contribution in [2.75, 3.05) is 4.90 Å². The standard InChI is InChI=1S/C18H13FN4O2/c19-14-3-1-4-15(9-14)23(11-16-5-2-8-25-16)18(24)13-6-7-17-21-20-12-22(17)10-13/h1-10,12H,11H2. The Kier molecular flexibility index (Phi) is 3.74. The number of hydrogen-bond acceptors (Lipinski definition) is 4. The Morgan fingerprint density at radius 2 is 2.12 bits per heavy atom. The van der Waals surface area contributed by atoms with Crippen molar-refractivity contribution in [1.29, 1.82) is 0 Å². The summed E-state index contributed by atoms with van der Waals surface area (Å²) in [5, 5.41) is 7.72. The smallest absolute Gasteiger partial charge is 0.260 e. The molecular formula is C18H13FN4O2. The second-order valence-corrected chi connectivity index (χ2v) is 5.46. The highest BCUT2D eigenvalue weighted by molar-refractivity contribution is 6.05. The average molecular weight is 336 g/mol. The number of nitrogens with zero attached hydrogens (tertiary/aromatic N) is 4. The predicted molar refractivity (Wildman–Crippen MR) is 88.6 cm³/mol. The third-order valence-electron chi connectivity index (χ3n) is 3.80. The van der Waals surface area contributed by atoms with Gasteiger partial charge >= 0.3 is 0 Å². The Morgan fingerprint density at radius 1 is 1.20 bits per heavy atom. The number of aromatic nitrogens is 3. The second-order valence-electron chi connectivity index (χ2n) is 5.46. The lowest BCUT2D eigenvalue weighted by molar-refractivity contribution is 0.0983. The molecular weight excluding hydrogens is 323 g/mol. The highest BCUT2D eigenvalue weighted by atomic mass is 19.1. The van der Waals surface area contributed by atoms with Crippen molar-refractivity contribution in [1.82, 2.24) is 14.6 Å². The molecule has 0 aliphatic carbocycles. The molecule has 7 heteroatoms. The predicted octanol–water partition coefficient (Wildman–Crippen LogP) is 3.31. The number of carbonyl (C=O) groups is 1. The number of furan rings is 1. The second kappa shape index (κ2) is 6.20. The van der Waals surface area contributed by atoms with Crippen LogP contribution in [0.15, 0.2) is 71.7 Å². The molecule has 4 rings (SSSR count). The number of benzene rings is 1. The van der Waals surface area contributed by atoms with Crippen LogP contribution in [0.1, 0.15) is 16.1 Å². The number of rotatable bonds is 4. The van der Waals surface area contributed by atoms with Crippen molar-refractivity contribution in [3.8, 4) is 0 Å². The van der Waals surface area contributed by atoms with Crippen LogP contribution in [0.5, 0.6) is 0 Å². The zero-order chi connectivity index (χ0) is 17.2. The maximum atomic E-state index is 13.7. The van der Waals surface area contributed by atoms with Crippen LogP contribution in [0.3, 0.4) is 0 Å². The first-order chi connectivity index (χ1) is 12.2.